The summed E-state index contributed by atoms with van der Waals surface area (Å²) in [4.78, 5) is 27.0. The van der Waals surface area contributed by atoms with Gasteiger partial charge in [-0.2, -0.15) is 5.26 Å². The summed E-state index contributed by atoms with van der Waals surface area (Å²) >= 11 is 1.56. The second kappa shape index (κ2) is 10.4. The van der Waals surface area contributed by atoms with Crippen LogP contribution in [0.1, 0.15) is 49.7 Å². The molecule has 190 valence electrons. The molecule has 1 fully saturated rings. The number of piperazine rings is 1. The Morgan fingerprint density at radius 3 is 2.54 bits per heavy atom. The molecular weight excluding hydrogens is 487 g/mol. The summed E-state index contributed by atoms with van der Waals surface area (Å²) in [6.07, 6.45) is 1.74. The van der Waals surface area contributed by atoms with Gasteiger partial charge in [-0.1, -0.05) is 26.0 Å². The van der Waals surface area contributed by atoms with Gasteiger partial charge >= 0.3 is 0 Å². The maximum Gasteiger partial charge on any atom is 0.252 e. The lowest BCUT2D eigenvalue weighted by Crippen LogP contribution is -2.59. The number of anilines is 1. The van der Waals surface area contributed by atoms with Crippen molar-refractivity contribution in [2.24, 2.45) is 7.05 Å². The Bertz CT molecular complexity index is 1490. The third-order valence-corrected chi connectivity index (χ3v) is 8.03. The highest BCUT2D eigenvalue weighted by Crippen LogP contribution is 2.37. The van der Waals surface area contributed by atoms with Gasteiger partial charge in [-0.25, -0.2) is 14.4 Å². The fourth-order valence-corrected chi connectivity index (χ4v) is 6.00. The lowest BCUT2D eigenvalue weighted by Gasteiger charge is -2.50. The van der Waals surface area contributed by atoms with Crippen LogP contribution in [0.2, 0.25) is 0 Å². The standard InChI is InChI=1S/C28H29FN6OS/c1-4-21-15-35(28(23-16-37-17-31-23)18-6-8-19(29)9-7-18)22(5-2)14-34(21)25-12-26(36)33(3)24-11-10-20(13-30)32-27(24)25/h6-12,16-17,21-22,28H,4-5,14-15H2,1-3H3/t21-,22+,28?/m0/s1. The molecule has 0 spiro atoms. The molecule has 1 aliphatic heterocycles. The van der Waals surface area contributed by atoms with Crippen molar-refractivity contribution in [2.45, 2.75) is 44.8 Å². The second-order valence-corrected chi connectivity index (χ2v) is 10.2. The average molecular weight is 517 g/mol. The van der Waals surface area contributed by atoms with Gasteiger partial charge in [0.15, 0.2) is 0 Å². The SMILES string of the molecule is CC[C@H]1CN(C(c2ccc(F)cc2)c2cscn2)[C@H](CC)CN1c1cc(=O)n(C)c2ccc(C#N)nc12. The van der Waals surface area contributed by atoms with Crippen molar-refractivity contribution in [1.82, 2.24) is 19.4 Å². The van der Waals surface area contributed by atoms with Gasteiger partial charge in [0.2, 0.25) is 0 Å². The predicted octanol–water partition coefficient (Wildman–Crippen LogP) is 4.87. The van der Waals surface area contributed by atoms with E-state index in [2.05, 4.69) is 45.1 Å². The van der Waals surface area contributed by atoms with E-state index in [0.717, 1.165) is 36.3 Å². The Labute approximate surface area is 219 Å². The first-order chi connectivity index (χ1) is 17.9. The molecule has 0 radical (unpaired) electrons. The Morgan fingerprint density at radius 1 is 1.14 bits per heavy atom. The molecule has 9 heteroatoms. The van der Waals surface area contributed by atoms with Gasteiger partial charge in [0.05, 0.1) is 28.5 Å². The minimum absolute atomic E-state index is 0.100. The average Bonchev–Trinajstić information content (AvgIpc) is 3.46. The van der Waals surface area contributed by atoms with Crippen LogP contribution in [0.25, 0.3) is 11.0 Å². The molecule has 37 heavy (non-hydrogen) atoms. The van der Waals surface area contributed by atoms with E-state index in [0.29, 0.717) is 23.3 Å². The Kier molecular flexibility index (Phi) is 7.04. The largest absolute Gasteiger partial charge is 0.364 e. The number of thiazole rings is 1. The highest BCUT2D eigenvalue weighted by Gasteiger charge is 2.38. The summed E-state index contributed by atoms with van der Waals surface area (Å²) in [7, 11) is 1.73. The molecule has 0 bridgehead atoms. The molecule has 7 nitrogen and oxygen atoms in total. The number of hydrogen-bond acceptors (Lipinski definition) is 7. The van der Waals surface area contributed by atoms with Crippen molar-refractivity contribution in [1.29, 1.82) is 5.26 Å². The first-order valence-corrected chi connectivity index (χ1v) is 13.5. The highest BCUT2D eigenvalue weighted by molar-refractivity contribution is 7.07. The van der Waals surface area contributed by atoms with Crippen molar-refractivity contribution in [3.63, 3.8) is 0 Å². The number of hydrogen-bond donors (Lipinski definition) is 0. The van der Waals surface area contributed by atoms with Gasteiger partial charge in [0.25, 0.3) is 5.56 Å². The quantitative estimate of drug-likeness (QED) is 0.364. The van der Waals surface area contributed by atoms with E-state index in [-0.39, 0.29) is 29.5 Å². The zero-order valence-electron chi connectivity index (χ0n) is 21.1. The molecule has 3 atom stereocenters. The van der Waals surface area contributed by atoms with E-state index in [1.165, 1.54) is 12.1 Å². The summed E-state index contributed by atoms with van der Waals surface area (Å²) in [5.41, 5.74) is 6.16. The Balaban J connectivity index is 1.60. The van der Waals surface area contributed by atoms with Crippen molar-refractivity contribution >= 4 is 28.1 Å². The van der Waals surface area contributed by atoms with Crippen LogP contribution in [-0.2, 0) is 7.05 Å². The molecule has 1 saturated heterocycles. The Hall–Kier alpha value is -3.61. The molecule has 4 heterocycles. The highest BCUT2D eigenvalue weighted by atomic mass is 32.1. The van der Waals surface area contributed by atoms with Crippen LogP contribution in [0.5, 0.6) is 0 Å². The maximum atomic E-state index is 13.8. The smallest absolute Gasteiger partial charge is 0.252 e. The lowest BCUT2D eigenvalue weighted by molar-refractivity contribution is 0.109. The van der Waals surface area contributed by atoms with Crippen molar-refractivity contribution in [3.05, 3.63) is 86.5 Å². The summed E-state index contributed by atoms with van der Waals surface area (Å²) in [6.45, 7) is 5.75. The van der Waals surface area contributed by atoms with Crippen LogP contribution >= 0.6 is 11.3 Å². The van der Waals surface area contributed by atoms with Gasteiger partial charge in [0, 0.05) is 43.7 Å². The lowest BCUT2D eigenvalue weighted by atomic mass is 9.94. The van der Waals surface area contributed by atoms with E-state index < -0.39 is 0 Å². The summed E-state index contributed by atoms with van der Waals surface area (Å²) < 4.78 is 15.4. The molecule has 1 unspecified atom stereocenters. The van der Waals surface area contributed by atoms with Crippen LogP contribution in [0.4, 0.5) is 10.1 Å². The van der Waals surface area contributed by atoms with Gasteiger partial charge in [0.1, 0.15) is 23.1 Å². The van der Waals surface area contributed by atoms with Gasteiger partial charge in [-0.05, 0) is 42.7 Å². The molecule has 0 N–H and O–H groups in total. The van der Waals surface area contributed by atoms with Crippen LogP contribution in [0.15, 0.2) is 58.1 Å². The van der Waals surface area contributed by atoms with Crippen LogP contribution in [0.3, 0.4) is 0 Å². The fraction of sp³-hybridized carbons (Fsp3) is 0.357. The number of benzene rings is 1. The minimum Gasteiger partial charge on any atom is -0.364 e. The van der Waals surface area contributed by atoms with Gasteiger partial charge in [-0.3, -0.25) is 9.69 Å². The molecular formula is C28H29FN6OS. The normalized spacial score (nSPS) is 19.2. The molecule has 0 aliphatic carbocycles. The number of aromatic nitrogens is 3. The topological polar surface area (TPSA) is 78.0 Å². The molecule has 5 rings (SSSR count). The third kappa shape index (κ3) is 4.63. The first kappa shape index (κ1) is 25.1. The van der Waals surface area contributed by atoms with Gasteiger partial charge < -0.3 is 9.47 Å². The number of nitriles is 1. The number of aryl methyl sites for hydroxylation is 1. The number of nitrogens with zero attached hydrogens (tertiary/aromatic N) is 6. The molecule has 1 aliphatic rings. The van der Waals surface area contributed by atoms with Crippen LogP contribution in [0, 0.1) is 17.1 Å². The van der Waals surface area contributed by atoms with E-state index in [4.69, 9.17) is 0 Å². The number of rotatable bonds is 6. The first-order valence-electron chi connectivity index (χ1n) is 12.5. The Morgan fingerprint density at radius 2 is 1.89 bits per heavy atom. The number of pyridine rings is 2. The molecule has 0 amide bonds. The summed E-state index contributed by atoms with van der Waals surface area (Å²) in [5.74, 6) is -0.258. The number of halogens is 1. The van der Waals surface area contributed by atoms with Crippen molar-refractivity contribution < 1.29 is 4.39 Å². The predicted molar refractivity (Wildman–Crippen MR) is 144 cm³/mol. The third-order valence-electron chi connectivity index (χ3n) is 7.42. The monoisotopic (exact) mass is 516 g/mol. The zero-order valence-corrected chi connectivity index (χ0v) is 22.0. The molecule has 0 saturated carbocycles. The summed E-state index contributed by atoms with van der Waals surface area (Å²) in [5, 5.41) is 11.5. The summed E-state index contributed by atoms with van der Waals surface area (Å²) in [6, 6.07) is 14.1. The van der Waals surface area contributed by atoms with E-state index in [1.807, 2.05) is 17.6 Å². The van der Waals surface area contributed by atoms with Crippen LogP contribution in [-0.4, -0.2) is 44.6 Å². The van der Waals surface area contributed by atoms with Gasteiger partial charge in [-0.15, -0.1) is 11.3 Å². The number of fused-ring (bicyclic) bond motifs is 1. The van der Waals surface area contributed by atoms with Crippen molar-refractivity contribution in [2.75, 3.05) is 18.0 Å². The van der Waals surface area contributed by atoms with E-state index in [9.17, 15) is 14.4 Å². The maximum absolute atomic E-state index is 13.8. The van der Waals surface area contributed by atoms with Crippen LogP contribution < -0.4 is 10.5 Å². The fourth-order valence-electron chi connectivity index (χ4n) is 5.42. The second-order valence-electron chi connectivity index (χ2n) is 9.44. The van der Waals surface area contributed by atoms with E-state index in [1.54, 1.807) is 41.2 Å². The van der Waals surface area contributed by atoms with Crippen molar-refractivity contribution in [3.8, 4) is 6.07 Å². The molecule has 4 aromatic rings. The zero-order chi connectivity index (χ0) is 26.1. The minimum atomic E-state index is -0.258. The molecule has 3 aromatic heterocycles. The van der Waals surface area contributed by atoms with E-state index >= 15 is 0 Å². The molecule has 1 aromatic carbocycles.